The number of hydrogen-bond acceptors (Lipinski definition) is 2. The SMILES string of the molecule is O=C1CC2CC(=O)NC[C@@H](C1)C2. The molecule has 1 aliphatic heterocycles. The highest BCUT2D eigenvalue weighted by atomic mass is 16.1. The van der Waals surface area contributed by atoms with E-state index >= 15 is 0 Å². The first-order valence-electron chi connectivity index (χ1n) is 4.52. The van der Waals surface area contributed by atoms with Crippen molar-refractivity contribution in [2.24, 2.45) is 11.8 Å². The Morgan fingerprint density at radius 1 is 1.08 bits per heavy atom. The average molecular weight is 167 g/mol. The van der Waals surface area contributed by atoms with Gasteiger partial charge < -0.3 is 5.32 Å². The van der Waals surface area contributed by atoms with Crippen molar-refractivity contribution >= 4 is 11.7 Å². The standard InChI is InChI=1S/C9H13NO2/c11-8-2-6-1-7(3-8)5-10-9(12)4-6/h6-7H,1-5H2,(H,10,12)/t6?,7-/m1/s1. The van der Waals surface area contributed by atoms with E-state index in [1.54, 1.807) is 0 Å². The summed E-state index contributed by atoms with van der Waals surface area (Å²) in [6.07, 6.45) is 2.92. The largest absolute Gasteiger partial charge is 0.356 e. The van der Waals surface area contributed by atoms with Gasteiger partial charge in [-0.15, -0.1) is 0 Å². The third-order valence-corrected chi connectivity index (χ3v) is 2.76. The maximum atomic E-state index is 11.2. The molecule has 0 aromatic heterocycles. The summed E-state index contributed by atoms with van der Waals surface area (Å²) in [4.78, 5) is 22.3. The van der Waals surface area contributed by atoms with E-state index in [2.05, 4.69) is 5.32 Å². The summed E-state index contributed by atoms with van der Waals surface area (Å²) in [5.74, 6) is 1.21. The van der Waals surface area contributed by atoms with Crippen LogP contribution in [0.25, 0.3) is 0 Å². The highest BCUT2D eigenvalue weighted by Crippen LogP contribution is 2.30. The zero-order chi connectivity index (χ0) is 8.55. The Kier molecular flexibility index (Phi) is 1.87. The fourth-order valence-corrected chi connectivity index (χ4v) is 2.27. The van der Waals surface area contributed by atoms with Crippen LogP contribution in [0.1, 0.15) is 25.7 Å². The maximum Gasteiger partial charge on any atom is 0.220 e. The second-order valence-corrected chi connectivity index (χ2v) is 3.92. The lowest BCUT2D eigenvalue weighted by Crippen LogP contribution is -2.27. The van der Waals surface area contributed by atoms with Gasteiger partial charge in [0.2, 0.25) is 5.91 Å². The van der Waals surface area contributed by atoms with Crippen LogP contribution in [0.4, 0.5) is 0 Å². The van der Waals surface area contributed by atoms with Crippen LogP contribution in [0.2, 0.25) is 0 Å². The molecule has 3 heteroatoms. The first-order chi connectivity index (χ1) is 5.74. The molecule has 2 fully saturated rings. The number of Topliss-reactive ketones (excluding diaryl/α,β-unsaturated/α-hetero) is 1. The minimum absolute atomic E-state index is 0.122. The number of carbonyl (C=O) groups is 2. The normalized spacial score (nSPS) is 35.7. The quantitative estimate of drug-likeness (QED) is 0.570. The lowest BCUT2D eigenvalue weighted by Gasteiger charge is -2.23. The average Bonchev–Trinajstić information content (AvgIpc) is 2.10. The van der Waals surface area contributed by atoms with Crippen LogP contribution in [0.3, 0.4) is 0 Å². The molecule has 2 aliphatic rings. The predicted molar refractivity (Wildman–Crippen MR) is 43.5 cm³/mol. The summed E-state index contributed by atoms with van der Waals surface area (Å²) in [6.45, 7) is 0.709. The van der Waals surface area contributed by atoms with Crippen molar-refractivity contribution < 1.29 is 9.59 Å². The number of hydrogen-bond donors (Lipinski definition) is 1. The van der Waals surface area contributed by atoms with E-state index in [0.29, 0.717) is 43.4 Å². The Bertz CT molecular complexity index is 223. The summed E-state index contributed by atoms with van der Waals surface area (Å²) < 4.78 is 0. The van der Waals surface area contributed by atoms with Gasteiger partial charge in [0, 0.05) is 25.8 Å². The van der Waals surface area contributed by atoms with Crippen LogP contribution in [0.15, 0.2) is 0 Å². The Morgan fingerprint density at radius 2 is 1.83 bits per heavy atom. The van der Waals surface area contributed by atoms with Gasteiger partial charge in [0.05, 0.1) is 0 Å². The second-order valence-electron chi connectivity index (χ2n) is 3.92. The molecule has 2 rings (SSSR count). The minimum Gasteiger partial charge on any atom is -0.356 e. The second kappa shape index (κ2) is 2.88. The third kappa shape index (κ3) is 1.49. The molecule has 1 amide bonds. The first-order valence-corrected chi connectivity index (χ1v) is 4.52. The van der Waals surface area contributed by atoms with Gasteiger partial charge in [0.25, 0.3) is 0 Å². The Labute approximate surface area is 71.5 Å². The van der Waals surface area contributed by atoms with Crippen molar-refractivity contribution in [1.29, 1.82) is 0 Å². The summed E-state index contributed by atoms with van der Waals surface area (Å²) in [5, 5.41) is 2.85. The van der Waals surface area contributed by atoms with Crippen LogP contribution in [-0.2, 0) is 9.59 Å². The van der Waals surface area contributed by atoms with Gasteiger partial charge in [0.1, 0.15) is 5.78 Å². The molecule has 1 heterocycles. The van der Waals surface area contributed by atoms with Crippen LogP contribution in [0.5, 0.6) is 0 Å². The van der Waals surface area contributed by atoms with Gasteiger partial charge in [0.15, 0.2) is 0 Å². The molecule has 2 bridgehead atoms. The van der Waals surface area contributed by atoms with Gasteiger partial charge in [-0.05, 0) is 18.3 Å². The molecule has 66 valence electrons. The fraction of sp³-hybridized carbons (Fsp3) is 0.778. The summed E-state index contributed by atoms with van der Waals surface area (Å²) in [6, 6.07) is 0. The molecule has 0 aromatic carbocycles. The zero-order valence-corrected chi connectivity index (χ0v) is 7.01. The van der Waals surface area contributed by atoms with Crippen LogP contribution < -0.4 is 5.32 Å². The molecule has 2 atom stereocenters. The van der Waals surface area contributed by atoms with E-state index in [1.165, 1.54) is 0 Å². The number of amides is 1. The molecule has 12 heavy (non-hydrogen) atoms. The van der Waals surface area contributed by atoms with Gasteiger partial charge in [-0.2, -0.15) is 0 Å². The highest BCUT2D eigenvalue weighted by molar-refractivity contribution is 5.82. The molecular formula is C9H13NO2. The summed E-state index contributed by atoms with van der Waals surface area (Å²) in [7, 11) is 0. The van der Waals surface area contributed by atoms with Gasteiger partial charge in [-0.25, -0.2) is 0 Å². The minimum atomic E-state index is 0.122. The maximum absolute atomic E-state index is 11.2. The molecule has 3 nitrogen and oxygen atoms in total. The fourth-order valence-electron chi connectivity index (χ4n) is 2.27. The molecule has 0 spiro atoms. The number of ketones is 1. The molecule has 1 saturated heterocycles. The number of fused-ring (bicyclic) bond motifs is 2. The number of nitrogens with one attached hydrogen (secondary N) is 1. The van der Waals surface area contributed by atoms with Crippen molar-refractivity contribution in [3.8, 4) is 0 Å². The van der Waals surface area contributed by atoms with Crippen molar-refractivity contribution in [3.05, 3.63) is 0 Å². The van der Waals surface area contributed by atoms with E-state index in [-0.39, 0.29) is 5.91 Å². The van der Waals surface area contributed by atoms with Gasteiger partial charge in [-0.3, -0.25) is 9.59 Å². The Hall–Kier alpha value is -0.860. The van der Waals surface area contributed by atoms with Crippen LogP contribution >= 0.6 is 0 Å². The number of rotatable bonds is 0. The molecular weight excluding hydrogens is 154 g/mol. The van der Waals surface area contributed by atoms with Crippen LogP contribution in [0, 0.1) is 11.8 Å². The van der Waals surface area contributed by atoms with E-state index in [0.717, 1.165) is 6.42 Å². The third-order valence-electron chi connectivity index (χ3n) is 2.76. The molecule has 1 N–H and O–H groups in total. The van der Waals surface area contributed by atoms with Crippen molar-refractivity contribution in [2.45, 2.75) is 25.7 Å². The van der Waals surface area contributed by atoms with E-state index in [9.17, 15) is 9.59 Å². The zero-order valence-electron chi connectivity index (χ0n) is 7.01. The van der Waals surface area contributed by atoms with E-state index < -0.39 is 0 Å². The number of carbonyl (C=O) groups excluding carboxylic acids is 2. The Morgan fingerprint density at radius 3 is 2.67 bits per heavy atom. The van der Waals surface area contributed by atoms with E-state index in [4.69, 9.17) is 0 Å². The monoisotopic (exact) mass is 167 g/mol. The van der Waals surface area contributed by atoms with Crippen molar-refractivity contribution in [1.82, 2.24) is 5.32 Å². The van der Waals surface area contributed by atoms with Gasteiger partial charge >= 0.3 is 0 Å². The first kappa shape index (κ1) is 7.77. The van der Waals surface area contributed by atoms with Crippen molar-refractivity contribution in [3.63, 3.8) is 0 Å². The molecule has 1 saturated carbocycles. The summed E-state index contributed by atoms with van der Waals surface area (Å²) in [5.41, 5.74) is 0. The molecule has 0 radical (unpaired) electrons. The van der Waals surface area contributed by atoms with E-state index in [1.807, 2.05) is 0 Å². The lowest BCUT2D eigenvalue weighted by atomic mass is 9.80. The summed E-state index contributed by atoms with van der Waals surface area (Å²) >= 11 is 0. The smallest absolute Gasteiger partial charge is 0.220 e. The van der Waals surface area contributed by atoms with Gasteiger partial charge in [-0.1, -0.05) is 0 Å². The highest BCUT2D eigenvalue weighted by Gasteiger charge is 2.31. The van der Waals surface area contributed by atoms with Crippen LogP contribution in [-0.4, -0.2) is 18.2 Å². The lowest BCUT2D eigenvalue weighted by molar-refractivity contribution is -0.123. The molecule has 1 unspecified atom stereocenters. The molecule has 1 aliphatic carbocycles. The topological polar surface area (TPSA) is 46.2 Å². The molecule has 0 aromatic rings. The predicted octanol–water partition coefficient (Wildman–Crippen LogP) is 0.492. The Balaban J connectivity index is 2.10. The van der Waals surface area contributed by atoms with Crippen molar-refractivity contribution in [2.75, 3.05) is 6.54 Å².